The molecule has 1 saturated heterocycles. The summed E-state index contributed by atoms with van der Waals surface area (Å²) in [4.78, 5) is 11.9. The van der Waals surface area contributed by atoms with Gasteiger partial charge in [-0.1, -0.05) is 15.9 Å². The van der Waals surface area contributed by atoms with Crippen LogP contribution in [-0.4, -0.2) is 38.4 Å². The van der Waals surface area contributed by atoms with Crippen LogP contribution in [-0.2, 0) is 9.47 Å². The second kappa shape index (κ2) is 5.98. The molecule has 0 saturated carbocycles. The Morgan fingerprint density at radius 3 is 3.00 bits per heavy atom. The van der Waals surface area contributed by atoms with Gasteiger partial charge in [-0.2, -0.15) is 0 Å². The fourth-order valence-electron chi connectivity index (χ4n) is 1.97. The van der Waals surface area contributed by atoms with Gasteiger partial charge in [0.25, 0.3) is 5.91 Å². The standard InChI is InChI=1S/C13H15BrFNO3/c1-18-13(4-5-19-8-13)7-16-12(17)10-3-2-9(14)6-11(10)15/h2-3,6H,4-5,7-8H2,1H3,(H,16,17). The largest absolute Gasteiger partial charge is 0.378 e. The summed E-state index contributed by atoms with van der Waals surface area (Å²) in [5.74, 6) is -1.01. The fourth-order valence-corrected chi connectivity index (χ4v) is 2.30. The third-order valence-corrected chi connectivity index (χ3v) is 3.74. The number of amides is 1. The van der Waals surface area contributed by atoms with E-state index in [1.54, 1.807) is 13.2 Å². The molecule has 19 heavy (non-hydrogen) atoms. The quantitative estimate of drug-likeness (QED) is 0.919. The monoisotopic (exact) mass is 331 g/mol. The molecule has 1 heterocycles. The molecule has 0 spiro atoms. The summed E-state index contributed by atoms with van der Waals surface area (Å²) in [6.07, 6.45) is 0.715. The van der Waals surface area contributed by atoms with Crippen LogP contribution in [0.15, 0.2) is 22.7 Å². The van der Waals surface area contributed by atoms with Gasteiger partial charge in [0.15, 0.2) is 0 Å². The molecular weight excluding hydrogens is 317 g/mol. The summed E-state index contributed by atoms with van der Waals surface area (Å²) in [6, 6.07) is 4.34. The van der Waals surface area contributed by atoms with Crippen LogP contribution in [0.2, 0.25) is 0 Å². The third-order valence-electron chi connectivity index (χ3n) is 3.25. The lowest BCUT2D eigenvalue weighted by Gasteiger charge is -2.25. The van der Waals surface area contributed by atoms with Gasteiger partial charge in [0.05, 0.1) is 12.2 Å². The number of benzene rings is 1. The molecule has 6 heteroatoms. The number of hydrogen-bond donors (Lipinski definition) is 1. The normalized spacial score (nSPS) is 22.5. The van der Waals surface area contributed by atoms with E-state index in [0.717, 1.165) is 0 Å². The first-order valence-corrected chi connectivity index (χ1v) is 6.72. The van der Waals surface area contributed by atoms with Crippen LogP contribution < -0.4 is 5.32 Å². The molecule has 104 valence electrons. The fraction of sp³-hybridized carbons (Fsp3) is 0.462. The Hall–Kier alpha value is -0.980. The summed E-state index contributed by atoms with van der Waals surface area (Å²) in [7, 11) is 1.58. The molecule has 2 rings (SSSR count). The molecule has 1 N–H and O–H groups in total. The van der Waals surface area contributed by atoms with E-state index in [2.05, 4.69) is 21.2 Å². The van der Waals surface area contributed by atoms with E-state index in [-0.39, 0.29) is 5.56 Å². The van der Waals surface area contributed by atoms with E-state index >= 15 is 0 Å². The molecule has 1 aromatic rings. The van der Waals surface area contributed by atoms with Crippen LogP contribution in [0.1, 0.15) is 16.8 Å². The minimum Gasteiger partial charge on any atom is -0.378 e. The number of ether oxygens (including phenoxy) is 2. The van der Waals surface area contributed by atoms with E-state index < -0.39 is 17.3 Å². The minimum absolute atomic E-state index is 0.0216. The highest BCUT2D eigenvalue weighted by atomic mass is 79.9. The lowest BCUT2D eigenvalue weighted by Crippen LogP contribution is -2.45. The minimum atomic E-state index is -0.555. The summed E-state index contributed by atoms with van der Waals surface area (Å²) >= 11 is 3.15. The predicted octanol–water partition coefficient (Wildman–Crippen LogP) is 2.12. The smallest absolute Gasteiger partial charge is 0.254 e. The van der Waals surface area contributed by atoms with Crippen molar-refractivity contribution in [3.8, 4) is 0 Å². The van der Waals surface area contributed by atoms with E-state index in [0.29, 0.717) is 30.7 Å². The molecule has 1 aromatic carbocycles. The van der Waals surface area contributed by atoms with Gasteiger partial charge in [0, 0.05) is 31.2 Å². The second-order valence-corrected chi connectivity index (χ2v) is 5.41. The van der Waals surface area contributed by atoms with Gasteiger partial charge < -0.3 is 14.8 Å². The predicted molar refractivity (Wildman–Crippen MR) is 71.6 cm³/mol. The zero-order chi connectivity index (χ0) is 13.9. The number of carbonyl (C=O) groups is 1. The first kappa shape index (κ1) is 14.4. The SMILES string of the molecule is COC1(CNC(=O)c2ccc(Br)cc2F)CCOC1. The molecule has 1 aliphatic rings. The van der Waals surface area contributed by atoms with Crippen LogP contribution in [0.3, 0.4) is 0 Å². The van der Waals surface area contributed by atoms with Crippen molar-refractivity contribution in [3.63, 3.8) is 0 Å². The Balaban J connectivity index is 2.01. The van der Waals surface area contributed by atoms with Crippen molar-refractivity contribution in [3.05, 3.63) is 34.1 Å². The van der Waals surface area contributed by atoms with Crippen molar-refractivity contribution >= 4 is 21.8 Å². The van der Waals surface area contributed by atoms with Crippen LogP contribution in [0.5, 0.6) is 0 Å². The zero-order valence-corrected chi connectivity index (χ0v) is 12.1. The van der Waals surface area contributed by atoms with E-state index in [9.17, 15) is 9.18 Å². The number of methoxy groups -OCH3 is 1. The molecule has 1 unspecified atom stereocenters. The lowest BCUT2D eigenvalue weighted by atomic mass is 10.0. The molecule has 0 aromatic heterocycles. The Morgan fingerprint density at radius 2 is 2.42 bits per heavy atom. The molecule has 1 atom stereocenters. The summed E-state index contributed by atoms with van der Waals surface area (Å²) in [5.41, 5.74) is -0.477. The molecule has 4 nitrogen and oxygen atoms in total. The molecule has 0 bridgehead atoms. The Labute approximate surface area is 119 Å². The highest BCUT2D eigenvalue weighted by molar-refractivity contribution is 9.10. The number of carbonyl (C=O) groups excluding carboxylic acids is 1. The van der Waals surface area contributed by atoms with Gasteiger partial charge in [-0.15, -0.1) is 0 Å². The lowest BCUT2D eigenvalue weighted by molar-refractivity contribution is -0.0149. The van der Waals surface area contributed by atoms with Crippen molar-refractivity contribution in [2.75, 3.05) is 26.9 Å². The van der Waals surface area contributed by atoms with Gasteiger partial charge in [-0.3, -0.25) is 4.79 Å². The Morgan fingerprint density at radius 1 is 1.63 bits per heavy atom. The maximum Gasteiger partial charge on any atom is 0.254 e. The number of halogens is 2. The van der Waals surface area contributed by atoms with Crippen LogP contribution in [0, 0.1) is 5.82 Å². The average molecular weight is 332 g/mol. The number of nitrogens with one attached hydrogen (secondary N) is 1. The van der Waals surface area contributed by atoms with E-state index in [1.807, 2.05) is 0 Å². The Kier molecular flexibility index (Phi) is 4.54. The molecule has 0 aliphatic carbocycles. The van der Waals surface area contributed by atoms with Gasteiger partial charge in [0.2, 0.25) is 0 Å². The van der Waals surface area contributed by atoms with Gasteiger partial charge in [-0.25, -0.2) is 4.39 Å². The molecule has 1 amide bonds. The highest BCUT2D eigenvalue weighted by Gasteiger charge is 2.35. The first-order chi connectivity index (χ1) is 9.06. The van der Waals surface area contributed by atoms with Gasteiger partial charge in [-0.05, 0) is 18.2 Å². The number of hydrogen-bond acceptors (Lipinski definition) is 3. The molecule has 0 radical (unpaired) electrons. The van der Waals surface area contributed by atoms with Gasteiger partial charge >= 0.3 is 0 Å². The summed E-state index contributed by atoms with van der Waals surface area (Å²) < 4.78 is 24.9. The molecule has 1 fully saturated rings. The summed E-state index contributed by atoms with van der Waals surface area (Å²) in [5, 5.41) is 2.69. The van der Waals surface area contributed by atoms with Crippen molar-refractivity contribution in [2.45, 2.75) is 12.0 Å². The molecular formula is C13H15BrFNO3. The molecule has 1 aliphatic heterocycles. The highest BCUT2D eigenvalue weighted by Crippen LogP contribution is 2.22. The maximum absolute atomic E-state index is 13.6. The van der Waals surface area contributed by atoms with Crippen LogP contribution in [0.4, 0.5) is 4.39 Å². The van der Waals surface area contributed by atoms with E-state index in [4.69, 9.17) is 9.47 Å². The summed E-state index contributed by atoms with van der Waals surface area (Å²) in [6.45, 7) is 1.35. The van der Waals surface area contributed by atoms with Crippen molar-refractivity contribution in [2.24, 2.45) is 0 Å². The number of rotatable bonds is 4. The topological polar surface area (TPSA) is 47.6 Å². The van der Waals surface area contributed by atoms with Crippen LogP contribution in [0.25, 0.3) is 0 Å². The average Bonchev–Trinajstić information content (AvgIpc) is 2.85. The van der Waals surface area contributed by atoms with Crippen molar-refractivity contribution in [1.82, 2.24) is 5.32 Å². The van der Waals surface area contributed by atoms with Crippen LogP contribution >= 0.6 is 15.9 Å². The zero-order valence-electron chi connectivity index (χ0n) is 10.5. The van der Waals surface area contributed by atoms with E-state index in [1.165, 1.54) is 12.1 Å². The van der Waals surface area contributed by atoms with Gasteiger partial charge in [0.1, 0.15) is 11.4 Å². The Bertz CT molecular complexity index is 475. The second-order valence-electron chi connectivity index (χ2n) is 4.50. The van der Waals surface area contributed by atoms with Crippen molar-refractivity contribution in [1.29, 1.82) is 0 Å². The van der Waals surface area contributed by atoms with Crippen molar-refractivity contribution < 1.29 is 18.7 Å². The first-order valence-electron chi connectivity index (χ1n) is 5.92. The third kappa shape index (κ3) is 3.32. The maximum atomic E-state index is 13.6.